The topological polar surface area (TPSA) is 93.1 Å². The lowest BCUT2D eigenvalue weighted by molar-refractivity contribution is 0.0696. The third-order valence-electron chi connectivity index (χ3n) is 4.15. The molecule has 1 atom stereocenters. The number of carboxylic acid groups (broad SMARTS) is 1. The molecule has 1 N–H and O–H groups in total. The van der Waals surface area contributed by atoms with Crippen LogP contribution in [-0.2, 0) is 16.6 Å². The fourth-order valence-electron chi connectivity index (χ4n) is 2.80. The minimum atomic E-state index is -3.73. The number of aromatic carboxylic acids is 1. The van der Waals surface area contributed by atoms with Gasteiger partial charge in [-0.2, -0.15) is 4.31 Å². The molecule has 0 amide bonds. The highest BCUT2D eigenvalue weighted by molar-refractivity contribution is 7.89. The van der Waals surface area contributed by atoms with Crippen LogP contribution in [0, 0.1) is 0 Å². The molecule has 7 nitrogen and oxygen atoms in total. The average molecular weight is 377 g/mol. The Morgan fingerprint density at radius 1 is 1.23 bits per heavy atom. The van der Waals surface area contributed by atoms with Gasteiger partial charge >= 0.3 is 5.97 Å². The third kappa shape index (κ3) is 3.51. The predicted molar refractivity (Wildman–Crippen MR) is 94.1 cm³/mol. The fraction of sp³-hybridized carbons (Fsp3) is 0.278. The molecular weight excluding hydrogens is 358 g/mol. The molecule has 0 aromatic heterocycles. The lowest BCUT2D eigenvalue weighted by Gasteiger charge is -2.21. The Balaban J connectivity index is 1.96. The zero-order valence-corrected chi connectivity index (χ0v) is 15.2. The Morgan fingerprint density at radius 2 is 1.92 bits per heavy atom. The van der Waals surface area contributed by atoms with Crippen LogP contribution in [0.4, 0.5) is 0 Å². The van der Waals surface area contributed by atoms with Crippen molar-refractivity contribution in [3.05, 3.63) is 53.6 Å². The summed E-state index contributed by atoms with van der Waals surface area (Å²) in [5, 5.41) is 9.12. The number of rotatable bonds is 4. The number of carbonyl (C=O) groups is 1. The maximum atomic E-state index is 13.0. The number of ether oxygens (including phenoxy) is 2. The van der Waals surface area contributed by atoms with Crippen molar-refractivity contribution in [2.45, 2.75) is 24.5 Å². The zero-order chi connectivity index (χ0) is 18.9. The Labute approximate surface area is 151 Å². The molecule has 26 heavy (non-hydrogen) atoms. The quantitative estimate of drug-likeness (QED) is 0.879. The van der Waals surface area contributed by atoms with E-state index in [2.05, 4.69) is 0 Å². The predicted octanol–water partition coefficient (Wildman–Crippen LogP) is 2.37. The van der Waals surface area contributed by atoms with Crippen molar-refractivity contribution in [1.82, 2.24) is 4.31 Å². The van der Waals surface area contributed by atoms with Gasteiger partial charge in [0.15, 0.2) is 0 Å². The Kier molecular flexibility index (Phi) is 4.88. The molecule has 0 unspecified atom stereocenters. The van der Waals surface area contributed by atoms with Crippen LogP contribution in [-0.4, -0.2) is 43.6 Å². The van der Waals surface area contributed by atoms with E-state index in [0.717, 1.165) is 0 Å². The van der Waals surface area contributed by atoms with Gasteiger partial charge in [0.1, 0.15) is 17.6 Å². The summed E-state index contributed by atoms with van der Waals surface area (Å²) in [6, 6.07) is 10.7. The molecule has 138 valence electrons. The largest absolute Gasteiger partial charge is 0.497 e. The first-order chi connectivity index (χ1) is 12.3. The Morgan fingerprint density at radius 3 is 2.54 bits per heavy atom. The number of hydrogen-bond acceptors (Lipinski definition) is 5. The molecule has 1 aliphatic rings. The third-order valence-corrected chi connectivity index (χ3v) is 5.97. The SMILES string of the molecule is COc1ccc(S(=O)(=O)N2Cc3ccc(C(=O)O)cc3O[C@@H](C)C2)cc1. The summed E-state index contributed by atoms with van der Waals surface area (Å²) in [4.78, 5) is 11.3. The van der Waals surface area contributed by atoms with E-state index in [1.54, 1.807) is 25.1 Å². The minimum Gasteiger partial charge on any atom is -0.497 e. The first-order valence-corrected chi connectivity index (χ1v) is 9.42. The maximum Gasteiger partial charge on any atom is 0.335 e. The van der Waals surface area contributed by atoms with Gasteiger partial charge in [-0.1, -0.05) is 6.07 Å². The van der Waals surface area contributed by atoms with E-state index >= 15 is 0 Å². The van der Waals surface area contributed by atoms with E-state index in [9.17, 15) is 13.2 Å². The number of fused-ring (bicyclic) bond motifs is 1. The highest BCUT2D eigenvalue weighted by Gasteiger charge is 2.30. The van der Waals surface area contributed by atoms with E-state index in [1.807, 2.05) is 0 Å². The van der Waals surface area contributed by atoms with E-state index in [0.29, 0.717) is 17.1 Å². The summed E-state index contributed by atoms with van der Waals surface area (Å²) >= 11 is 0. The van der Waals surface area contributed by atoms with Crippen molar-refractivity contribution in [2.75, 3.05) is 13.7 Å². The summed E-state index contributed by atoms with van der Waals surface area (Å²) in [7, 11) is -2.22. The Hall–Kier alpha value is -2.58. The van der Waals surface area contributed by atoms with Gasteiger partial charge in [0.2, 0.25) is 10.0 Å². The highest BCUT2D eigenvalue weighted by atomic mass is 32.2. The molecule has 3 rings (SSSR count). The molecule has 0 bridgehead atoms. The molecule has 0 saturated heterocycles. The molecule has 1 heterocycles. The first-order valence-electron chi connectivity index (χ1n) is 7.98. The molecule has 0 spiro atoms. The first kappa shape index (κ1) is 18.2. The van der Waals surface area contributed by atoms with Crippen LogP contribution in [0.1, 0.15) is 22.8 Å². The van der Waals surface area contributed by atoms with Gasteiger partial charge in [-0.3, -0.25) is 0 Å². The van der Waals surface area contributed by atoms with Crippen molar-refractivity contribution >= 4 is 16.0 Å². The average Bonchev–Trinajstić information content (AvgIpc) is 2.79. The number of sulfonamides is 1. The van der Waals surface area contributed by atoms with Gasteiger partial charge in [0, 0.05) is 12.1 Å². The summed E-state index contributed by atoms with van der Waals surface area (Å²) in [6.07, 6.45) is -0.423. The number of benzene rings is 2. The van der Waals surface area contributed by atoms with E-state index < -0.39 is 22.1 Å². The number of hydrogen-bond donors (Lipinski definition) is 1. The molecule has 2 aromatic rings. The normalized spacial score (nSPS) is 17.7. The van der Waals surface area contributed by atoms with Gasteiger partial charge in [-0.05, 0) is 43.3 Å². The number of nitrogens with zero attached hydrogens (tertiary/aromatic N) is 1. The second-order valence-corrected chi connectivity index (χ2v) is 7.97. The lowest BCUT2D eigenvalue weighted by atomic mass is 10.1. The van der Waals surface area contributed by atoms with E-state index in [4.69, 9.17) is 14.6 Å². The molecule has 0 saturated carbocycles. The summed E-state index contributed by atoms with van der Waals surface area (Å²) in [5.41, 5.74) is 0.721. The van der Waals surface area contributed by atoms with Crippen LogP contribution < -0.4 is 9.47 Å². The summed E-state index contributed by atoms with van der Waals surface area (Å²) in [6.45, 7) is 2.01. The van der Waals surface area contributed by atoms with Crippen LogP contribution in [0.5, 0.6) is 11.5 Å². The molecule has 0 radical (unpaired) electrons. The molecule has 2 aromatic carbocycles. The van der Waals surface area contributed by atoms with Crippen molar-refractivity contribution < 1.29 is 27.8 Å². The van der Waals surface area contributed by atoms with Crippen molar-refractivity contribution in [3.8, 4) is 11.5 Å². The van der Waals surface area contributed by atoms with Crippen LogP contribution >= 0.6 is 0 Å². The zero-order valence-electron chi connectivity index (χ0n) is 14.4. The van der Waals surface area contributed by atoms with Crippen molar-refractivity contribution in [1.29, 1.82) is 0 Å². The molecule has 0 fully saturated rings. The monoisotopic (exact) mass is 377 g/mol. The standard InChI is InChI=1S/C18H19NO6S/c1-12-10-19(26(22,23)16-7-5-15(24-2)6-8-16)11-14-4-3-13(18(20)21)9-17(14)25-12/h3-9,12H,10-11H2,1-2H3,(H,20,21)/t12-/m0/s1. The lowest BCUT2D eigenvalue weighted by Crippen LogP contribution is -2.36. The van der Waals surface area contributed by atoms with Crippen LogP contribution in [0.25, 0.3) is 0 Å². The molecule has 0 aliphatic carbocycles. The van der Waals surface area contributed by atoms with Crippen LogP contribution in [0.2, 0.25) is 0 Å². The van der Waals surface area contributed by atoms with Gasteiger partial charge in [-0.25, -0.2) is 13.2 Å². The van der Waals surface area contributed by atoms with E-state index in [1.165, 1.54) is 35.7 Å². The van der Waals surface area contributed by atoms with Gasteiger partial charge in [-0.15, -0.1) is 0 Å². The number of carboxylic acids is 1. The second-order valence-electron chi connectivity index (χ2n) is 6.03. The van der Waals surface area contributed by atoms with E-state index in [-0.39, 0.29) is 23.5 Å². The van der Waals surface area contributed by atoms with Gasteiger partial charge in [0.25, 0.3) is 0 Å². The maximum absolute atomic E-state index is 13.0. The van der Waals surface area contributed by atoms with Gasteiger partial charge < -0.3 is 14.6 Å². The molecular formula is C18H19NO6S. The summed E-state index contributed by atoms with van der Waals surface area (Å²) < 4.78 is 38.2. The second kappa shape index (κ2) is 6.97. The minimum absolute atomic E-state index is 0.0995. The fourth-order valence-corrected chi connectivity index (χ4v) is 4.30. The van der Waals surface area contributed by atoms with Crippen molar-refractivity contribution in [2.24, 2.45) is 0 Å². The highest BCUT2D eigenvalue weighted by Crippen LogP contribution is 2.30. The molecule has 8 heteroatoms. The van der Waals surface area contributed by atoms with Crippen LogP contribution in [0.3, 0.4) is 0 Å². The smallest absolute Gasteiger partial charge is 0.335 e. The van der Waals surface area contributed by atoms with Crippen molar-refractivity contribution in [3.63, 3.8) is 0 Å². The molecule has 1 aliphatic heterocycles. The number of methoxy groups -OCH3 is 1. The van der Waals surface area contributed by atoms with Crippen LogP contribution in [0.15, 0.2) is 47.4 Å². The summed E-state index contributed by atoms with van der Waals surface area (Å²) in [5.74, 6) is -0.0936. The van der Waals surface area contributed by atoms with Gasteiger partial charge in [0.05, 0.1) is 24.1 Å². The Bertz CT molecular complexity index is 923.